The number of carbonyl (C=O) groups is 1. The van der Waals surface area contributed by atoms with E-state index in [1.807, 2.05) is 67.0 Å². The van der Waals surface area contributed by atoms with Crippen LogP contribution in [-0.2, 0) is 6.61 Å². The molecule has 0 unspecified atom stereocenters. The number of amides is 1. The molecule has 1 aromatic carbocycles. The van der Waals surface area contributed by atoms with Crippen LogP contribution in [0.4, 0.5) is 0 Å². The molecule has 24 heavy (non-hydrogen) atoms. The summed E-state index contributed by atoms with van der Waals surface area (Å²) in [7, 11) is 1.88. The van der Waals surface area contributed by atoms with Crippen molar-refractivity contribution >= 4 is 17.7 Å². The maximum absolute atomic E-state index is 12.7. The van der Waals surface area contributed by atoms with Crippen molar-refractivity contribution in [3.8, 4) is 5.75 Å². The Labute approximate surface area is 147 Å². The average Bonchev–Trinajstić information content (AvgIpc) is 3.01. The topological polar surface area (TPSA) is 42.7 Å². The minimum Gasteiger partial charge on any atom is -0.486 e. The molecule has 1 amide bonds. The molecule has 1 saturated heterocycles. The summed E-state index contributed by atoms with van der Waals surface area (Å²) in [6.45, 7) is 2.23. The van der Waals surface area contributed by atoms with Crippen molar-refractivity contribution < 1.29 is 13.9 Å². The van der Waals surface area contributed by atoms with Crippen LogP contribution < -0.4 is 4.74 Å². The van der Waals surface area contributed by atoms with Gasteiger partial charge in [-0.2, -0.15) is 11.8 Å². The molecular weight excluding hydrogens is 322 g/mol. The normalized spacial score (nSPS) is 15.2. The molecule has 2 aromatic rings. The number of thioether (sulfide) groups is 1. The molecule has 0 atom stereocenters. The number of hydrogen-bond donors (Lipinski definition) is 0. The SMILES string of the molecule is Cc1cc(COc2ccccc2)oc1C(=O)N(C)C1CCSCC1. The Morgan fingerprint density at radius 1 is 1.29 bits per heavy atom. The number of ether oxygens (including phenoxy) is 1. The minimum absolute atomic E-state index is 0.0321. The van der Waals surface area contributed by atoms with E-state index in [2.05, 4.69) is 0 Å². The van der Waals surface area contributed by atoms with E-state index >= 15 is 0 Å². The van der Waals surface area contributed by atoms with E-state index in [-0.39, 0.29) is 5.91 Å². The molecular formula is C19H23NO3S. The minimum atomic E-state index is -0.0321. The van der Waals surface area contributed by atoms with Gasteiger partial charge in [-0.3, -0.25) is 4.79 Å². The molecule has 0 aliphatic carbocycles. The highest BCUT2D eigenvalue weighted by Crippen LogP contribution is 2.24. The number of aryl methyl sites for hydroxylation is 1. The Hall–Kier alpha value is -1.88. The van der Waals surface area contributed by atoms with Gasteiger partial charge >= 0.3 is 0 Å². The summed E-state index contributed by atoms with van der Waals surface area (Å²) in [5.41, 5.74) is 0.865. The molecule has 0 saturated carbocycles. The van der Waals surface area contributed by atoms with Gasteiger partial charge in [-0.25, -0.2) is 0 Å². The summed E-state index contributed by atoms with van der Waals surface area (Å²) in [5, 5.41) is 0. The van der Waals surface area contributed by atoms with Gasteiger partial charge < -0.3 is 14.1 Å². The van der Waals surface area contributed by atoms with Crippen molar-refractivity contribution in [2.45, 2.75) is 32.4 Å². The average molecular weight is 345 g/mol. The molecule has 1 aromatic heterocycles. The van der Waals surface area contributed by atoms with E-state index in [9.17, 15) is 4.79 Å². The van der Waals surface area contributed by atoms with Crippen molar-refractivity contribution in [3.63, 3.8) is 0 Å². The van der Waals surface area contributed by atoms with Crippen LogP contribution in [0.2, 0.25) is 0 Å². The Morgan fingerprint density at radius 2 is 2.00 bits per heavy atom. The number of para-hydroxylation sites is 1. The second kappa shape index (κ2) is 7.79. The first-order valence-corrected chi connectivity index (χ1v) is 9.42. The molecule has 4 nitrogen and oxygen atoms in total. The van der Waals surface area contributed by atoms with Crippen molar-refractivity contribution in [2.75, 3.05) is 18.6 Å². The van der Waals surface area contributed by atoms with Gasteiger partial charge in [0.15, 0.2) is 5.76 Å². The van der Waals surface area contributed by atoms with Crippen LogP contribution in [0.5, 0.6) is 5.75 Å². The van der Waals surface area contributed by atoms with Gasteiger partial charge in [0.1, 0.15) is 18.1 Å². The molecule has 0 radical (unpaired) electrons. The summed E-state index contributed by atoms with van der Waals surface area (Å²) in [5.74, 6) is 4.10. The number of rotatable bonds is 5. The Kier molecular flexibility index (Phi) is 5.51. The molecule has 2 heterocycles. The lowest BCUT2D eigenvalue weighted by Gasteiger charge is -2.30. The molecule has 1 fully saturated rings. The third-order valence-electron chi connectivity index (χ3n) is 4.35. The third-order valence-corrected chi connectivity index (χ3v) is 5.39. The van der Waals surface area contributed by atoms with Gasteiger partial charge in [-0.15, -0.1) is 0 Å². The zero-order valence-corrected chi connectivity index (χ0v) is 15.0. The Balaban J connectivity index is 1.65. The van der Waals surface area contributed by atoms with Crippen LogP contribution in [0, 0.1) is 6.92 Å². The Morgan fingerprint density at radius 3 is 2.71 bits per heavy atom. The second-order valence-electron chi connectivity index (χ2n) is 6.09. The van der Waals surface area contributed by atoms with E-state index in [1.54, 1.807) is 0 Å². The summed E-state index contributed by atoms with van der Waals surface area (Å²) in [6.07, 6.45) is 2.10. The fourth-order valence-electron chi connectivity index (χ4n) is 2.90. The molecule has 0 spiro atoms. The van der Waals surface area contributed by atoms with Crippen LogP contribution in [-0.4, -0.2) is 35.4 Å². The number of carbonyl (C=O) groups excluding carboxylic acids is 1. The summed E-state index contributed by atoms with van der Waals surface area (Å²) >= 11 is 1.96. The Bertz CT molecular complexity index is 677. The van der Waals surface area contributed by atoms with Crippen molar-refractivity contribution in [3.05, 3.63) is 53.5 Å². The van der Waals surface area contributed by atoms with Gasteiger partial charge in [0.05, 0.1) is 0 Å². The third kappa shape index (κ3) is 3.96. The summed E-state index contributed by atoms with van der Waals surface area (Å²) in [6, 6.07) is 11.8. The van der Waals surface area contributed by atoms with Crippen molar-refractivity contribution in [2.24, 2.45) is 0 Å². The molecule has 5 heteroatoms. The van der Waals surface area contributed by atoms with E-state index in [0.717, 1.165) is 35.7 Å². The smallest absolute Gasteiger partial charge is 0.289 e. The monoisotopic (exact) mass is 345 g/mol. The largest absolute Gasteiger partial charge is 0.486 e. The quantitative estimate of drug-likeness (QED) is 0.817. The molecule has 1 aliphatic heterocycles. The lowest BCUT2D eigenvalue weighted by molar-refractivity contribution is 0.0686. The van der Waals surface area contributed by atoms with E-state index < -0.39 is 0 Å². The summed E-state index contributed by atoms with van der Waals surface area (Å²) < 4.78 is 11.5. The number of benzene rings is 1. The number of furan rings is 1. The molecule has 0 bridgehead atoms. The van der Waals surface area contributed by atoms with Gasteiger partial charge in [0.25, 0.3) is 5.91 Å². The fraction of sp³-hybridized carbons (Fsp3) is 0.421. The van der Waals surface area contributed by atoms with Crippen molar-refractivity contribution in [1.82, 2.24) is 4.90 Å². The molecule has 1 aliphatic rings. The van der Waals surface area contributed by atoms with Crippen LogP contribution in [0.25, 0.3) is 0 Å². The highest BCUT2D eigenvalue weighted by molar-refractivity contribution is 7.99. The van der Waals surface area contributed by atoms with Crippen molar-refractivity contribution in [1.29, 1.82) is 0 Å². The van der Waals surface area contributed by atoms with E-state index in [4.69, 9.17) is 9.15 Å². The lowest BCUT2D eigenvalue weighted by atomic mass is 10.1. The number of nitrogens with zero attached hydrogens (tertiary/aromatic N) is 1. The standard InChI is InChI=1S/C19H23NO3S/c1-14-12-17(13-22-16-6-4-3-5-7-16)23-18(14)19(21)20(2)15-8-10-24-11-9-15/h3-7,12,15H,8-11,13H2,1-2H3. The second-order valence-corrected chi connectivity index (χ2v) is 7.31. The molecule has 128 valence electrons. The predicted molar refractivity (Wildman–Crippen MR) is 96.7 cm³/mol. The summed E-state index contributed by atoms with van der Waals surface area (Å²) in [4.78, 5) is 14.6. The van der Waals surface area contributed by atoms with Crippen LogP contribution in [0.1, 0.15) is 34.7 Å². The molecule has 3 rings (SSSR count). The lowest BCUT2D eigenvalue weighted by Crippen LogP contribution is -2.39. The maximum atomic E-state index is 12.7. The van der Waals surface area contributed by atoms with Gasteiger partial charge in [-0.05, 0) is 49.5 Å². The first-order valence-electron chi connectivity index (χ1n) is 8.27. The number of hydrogen-bond acceptors (Lipinski definition) is 4. The predicted octanol–water partition coefficient (Wildman–Crippen LogP) is 4.13. The maximum Gasteiger partial charge on any atom is 0.289 e. The zero-order valence-electron chi connectivity index (χ0n) is 14.2. The molecule has 0 N–H and O–H groups in total. The van der Waals surface area contributed by atoms with Gasteiger partial charge in [0, 0.05) is 18.7 Å². The van der Waals surface area contributed by atoms with Gasteiger partial charge in [-0.1, -0.05) is 18.2 Å². The van der Waals surface area contributed by atoms with Gasteiger partial charge in [0.2, 0.25) is 0 Å². The zero-order chi connectivity index (χ0) is 16.9. The van der Waals surface area contributed by atoms with E-state index in [0.29, 0.717) is 24.2 Å². The first-order chi connectivity index (χ1) is 11.6. The van der Waals surface area contributed by atoms with Crippen LogP contribution in [0.15, 0.2) is 40.8 Å². The first kappa shape index (κ1) is 17.0. The van der Waals surface area contributed by atoms with Crippen LogP contribution >= 0.6 is 11.8 Å². The van der Waals surface area contributed by atoms with Crippen LogP contribution in [0.3, 0.4) is 0 Å². The highest BCUT2D eigenvalue weighted by Gasteiger charge is 2.26. The fourth-order valence-corrected chi connectivity index (χ4v) is 3.98. The highest BCUT2D eigenvalue weighted by atomic mass is 32.2. The van der Waals surface area contributed by atoms with E-state index in [1.165, 1.54) is 0 Å².